The molecule has 0 atom stereocenters. The molecule has 0 unspecified atom stereocenters. The van der Waals surface area contributed by atoms with E-state index in [9.17, 15) is 9.59 Å². The third-order valence-corrected chi connectivity index (χ3v) is 4.93. The van der Waals surface area contributed by atoms with Gasteiger partial charge in [-0.15, -0.1) is 5.10 Å². The van der Waals surface area contributed by atoms with Gasteiger partial charge in [-0.25, -0.2) is 9.89 Å². The number of thioether (sulfide) groups is 1. The van der Waals surface area contributed by atoms with Gasteiger partial charge in [-0.1, -0.05) is 36.7 Å². The van der Waals surface area contributed by atoms with Gasteiger partial charge in [0, 0.05) is 17.6 Å². The number of ether oxygens (including phenoxy) is 1. The molecule has 1 heterocycles. The van der Waals surface area contributed by atoms with Gasteiger partial charge in [-0.05, 0) is 25.0 Å². The Labute approximate surface area is 155 Å². The minimum atomic E-state index is -0.258. The van der Waals surface area contributed by atoms with Crippen LogP contribution in [0.4, 0.5) is 5.69 Å². The molecular weight excluding hydrogens is 364 g/mol. The molecule has 7 nitrogen and oxygen atoms in total. The SMILES string of the molecule is CCCCn1c(SCC(=O)Nc2cc(C)c(Cl)cc2OC)n[nH]c1=O. The summed E-state index contributed by atoms with van der Waals surface area (Å²) in [6.45, 7) is 4.48. The summed E-state index contributed by atoms with van der Waals surface area (Å²) in [5.41, 5.74) is 1.14. The second-order valence-corrected chi connectivity index (χ2v) is 6.80. The minimum Gasteiger partial charge on any atom is -0.495 e. The normalized spacial score (nSPS) is 10.7. The van der Waals surface area contributed by atoms with E-state index in [4.69, 9.17) is 16.3 Å². The Kier molecular flexibility index (Phi) is 6.95. The maximum atomic E-state index is 12.2. The van der Waals surface area contributed by atoms with E-state index >= 15 is 0 Å². The highest BCUT2D eigenvalue weighted by molar-refractivity contribution is 7.99. The fourth-order valence-electron chi connectivity index (χ4n) is 2.17. The summed E-state index contributed by atoms with van der Waals surface area (Å²) in [5.74, 6) is 0.400. The molecule has 2 rings (SSSR count). The molecule has 0 aliphatic carbocycles. The van der Waals surface area contributed by atoms with E-state index in [-0.39, 0.29) is 17.3 Å². The van der Waals surface area contributed by atoms with Crippen molar-refractivity contribution in [2.24, 2.45) is 0 Å². The molecule has 0 saturated heterocycles. The van der Waals surface area contributed by atoms with Gasteiger partial charge in [0.2, 0.25) is 5.91 Å². The zero-order chi connectivity index (χ0) is 18.4. The van der Waals surface area contributed by atoms with Gasteiger partial charge < -0.3 is 10.1 Å². The van der Waals surface area contributed by atoms with Gasteiger partial charge in [0.05, 0.1) is 18.6 Å². The van der Waals surface area contributed by atoms with Gasteiger partial charge in [-0.3, -0.25) is 9.36 Å². The lowest BCUT2D eigenvalue weighted by Crippen LogP contribution is -2.19. The van der Waals surface area contributed by atoms with Gasteiger partial charge in [0.1, 0.15) is 5.75 Å². The van der Waals surface area contributed by atoms with Crippen LogP contribution < -0.4 is 15.7 Å². The van der Waals surface area contributed by atoms with Crippen molar-refractivity contribution >= 4 is 35.0 Å². The molecule has 0 aliphatic heterocycles. The van der Waals surface area contributed by atoms with Gasteiger partial charge in [0.15, 0.2) is 5.16 Å². The van der Waals surface area contributed by atoms with Crippen molar-refractivity contribution in [1.82, 2.24) is 14.8 Å². The summed E-state index contributed by atoms with van der Waals surface area (Å²) in [6, 6.07) is 3.42. The van der Waals surface area contributed by atoms with Crippen LogP contribution in [0.2, 0.25) is 5.02 Å². The number of halogens is 1. The molecule has 0 aliphatic rings. The molecule has 0 radical (unpaired) electrons. The fraction of sp³-hybridized carbons (Fsp3) is 0.438. The van der Waals surface area contributed by atoms with Crippen molar-refractivity contribution in [2.45, 2.75) is 38.4 Å². The number of nitrogens with one attached hydrogen (secondary N) is 2. The van der Waals surface area contributed by atoms with Crippen molar-refractivity contribution in [2.75, 3.05) is 18.2 Å². The summed E-state index contributed by atoms with van der Waals surface area (Å²) in [5, 5.41) is 10.3. The third kappa shape index (κ3) is 5.02. The lowest BCUT2D eigenvalue weighted by Gasteiger charge is -2.12. The first-order chi connectivity index (χ1) is 12.0. The number of hydrogen-bond acceptors (Lipinski definition) is 5. The number of unbranched alkanes of at least 4 members (excludes halogenated alkanes) is 1. The summed E-state index contributed by atoms with van der Waals surface area (Å²) in [6.07, 6.45) is 1.85. The van der Waals surface area contributed by atoms with Crippen LogP contribution >= 0.6 is 23.4 Å². The standard InChI is InChI=1S/C16H21ClN4O3S/c1-4-5-6-21-15(23)19-20-16(21)25-9-14(22)18-12-7-10(2)11(17)8-13(12)24-3/h7-8H,4-6,9H2,1-3H3,(H,18,22)(H,19,23). The number of H-pyrrole nitrogens is 1. The number of carbonyl (C=O) groups excluding carboxylic acids is 1. The topological polar surface area (TPSA) is 89.0 Å². The van der Waals surface area contributed by atoms with Crippen LogP contribution in [0.5, 0.6) is 5.75 Å². The van der Waals surface area contributed by atoms with Crippen LogP contribution in [0.3, 0.4) is 0 Å². The van der Waals surface area contributed by atoms with E-state index in [2.05, 4.69) is 15.5 Å². The Morgan fingerprint density at radius 2 is 2.24 bits per heavy atom. The zero-order valence-corrected chi connectivity index (χ0v) is 16.0. The van der Waals surface area contributed by atoms with Crippen LogP contribution in [0.1, 0.15) is 25.3 Å². The largest absolute Gasteiger partial charge is 0.495 e. The van der Waals surface area contributed by atoms with Gasteiger partial charge in [-0.2, -0.15) is 0 Å². The molecular formula is C16H21ClN4O3S. The maximum absolute atomic E-state index is 12.2. The van der Waals surface area contributed by atoms with E-state index in [1.807, 2.05) is 13.8 Å². The van der Waals surface area contributed by atoms with Crippen LogP contribution in [-0.2, 0) is 11.3 Å². The first-order valence-electron chi connectivity index (χ1n) is 7.88. The highest BCUT2D eigenvalue weighted by Crippen LogP contribution is 2.31. The van der Waals surface area contributed by atoms with Crippen LogP contribution in [0, 0.1) is 6.92 Å². The molecule has 1 aromatic heterocycles. The first-order valence-corrected chi connectivity index (χ1v) is 9.24. The van der Waals surface area contributed by atoms with Gasteiger partial charge >= 0.3 is 5.69 Å². The number of aryl methyl sites for hydroxylation is 1. The summed E-state index contributed by atoms with van der Waals surface area (Å²) < 4.78 is 6.79. The summed E-state index contributed by atoms with van der Waals surface area (Å²) in [4.78, 5) is 24.0. The number of hydrogen-bond donors (Lipinski definition) is 2. The monoisotopic (exact) mass is 384 g/mol. The number of benzene rings is 1. The number of carbonyl (C=O) groups is 1. The third-order valence-electron chi connectivity index (χ3n) is 3.55. The van der Waals surface area contributed by atoms with Crippen LogP contribution in [0.15, 0.2) is 22.1 Å². The zero-order valence-electron chi connectivity index (χ0n) is 14.4. The fourth-order valence-corrected chi connectivity index (χ4v) is 3.10. The Bertz CT molecular complexity index is 803. The van der Waals surface area contributed by atoms with Crippen LogP contribution in [-0.4, -0.2) is 33.5 Å². The average molecular weight is 385 g/mol. The Morgan fingerprint density at radius 1 is 1.48 bits per heavy atom. The van der Waals surface area contributed by atoms with Crippen molar-refractivity contribution in [1.29, 1.82) is 0 Å². The first kappa shape index (κ1) is 19.4. The molecule has 136 valence electrons. The molecule has 1 aromatic carbocycles. The molecule has 2 N–H and O–H groups in total. The number of methoxy groups -OCH3 is 1. The Hall–Kier alpha value is -1.93. The second-order valence-electron chi connectivity index (χ2n) is 5.46. The minimum absolute atomic E-state index is 0.126. The molecule has 1 amide bonds. The molecule has 0 bridgehead atoms. The maximum Gasteiger partial charge on any atom is 0.343 e. The highest BCUT2D eigenvalue weighted by Gasteiger charge is 2.13. The number of nitrogens with zero attached hydrogens (tertiary/aromatic N) is 2. The number of rotatable bonds is 8. The summed E-state index contributed by atoms with van der Waals surface area (Å²) >= 11 is 7.27. The summed E-state index contributed by atoms with van der Waals surface area (Å²) in [7, 11) is 1.52. The van der Waals surface area contributed by atoms with Crippen molar-refractivity contribution in [3.05, 3.63) is 33.2 Å². The van der Waals surface area contributed by atoms with Crippen molar-refractivity contribution in [3.63, 3.8) is 0 Å². The predicted octanol–water partition coefficient (Wildman–Crippen LogP) is 3.07. The van der Waals surface area contributed by atoms with E-state index in [0.717, 1.165) is 18.4 Å². The Morgan fingerprint density at radius 3 is 2.92 bits per heavy atom. The lowest BCUT2D eigenvalue weighted by atomic mass is 10.2. The van der Waals surface area contributed by atoms with E-state index in [0.29, 0.717) is 28.2 Å². The van der Waals surface area contributed by atoms with Crippen molar-refractivity contribution < 1.29 is 9.53 Å². The van der Waals surface area contributed by atoms with Gasteiger partial charge in [0.25, 0.3) is 0 Å². The number of aromatic nitrogens is 3. The Balaban J connectivity index is 2.02. The molecule has 0 fully saturated rings. The molecule has 9 heteroatoms. The number of aromatic amines is 1. The number of anilines is 1. The smallest absolute Gasteiger partial charge is 0.343 e. The molecule has 0 spiro atoms. The van der Waals surface area contributed by atoms with Crippen LogP contribution in [0.25, 0.3) is 0 Å². The highest BCUT2D eigenvalue weighted by atomic mass is 35.5. The number of amides is 1. The van der Waals surface area contributed by atoms with E-state index < -0.39 is 0 Å². The average Bonchev–Trinajstić information content (AvgIpc) is 2.94. The molecule has 2 aromatic rings. The quantitative estimate of drug-likeness (QED) is 0.683. The van der Waals surface area contributed by atoms with Crippen molar-refractivity contribution in [3.8, 4) is 5.75 Å². The second kappa shape index (κ2) is 8.96. The predicted molar refractivity (Wildman–Crippen MR) is 99.9 cm³/mol. The molecule has 25 heavy (non-hydrogen) atoms. The lowest BCUT2D eigenvalue weighted by molar-refractivity contribution is -0.113. The van der Waals surface area contributed by atoms with E-state index in [1.54, 1.807) is 16.7 Å². The van der Waals surface area contributed by atoms with E-state index in [1.165, 1.54) is 18.9 Å². The molecule has 0 saturated carbocycles.